The molecule has 7 heteroatoms. The zero-order chi connectivity index (χ0) is 18.4. The first-order chi connectivity index (χ1) is 10.3. The molecule has 0 bridgehead atoms. The van der Waals surface area contributed by atoms with Crippen LogP contribution < -0.4 is 10.6 Å². The molecule has 7 nitrogen and oxygen atoms in total. The monoisotopic (exact) mass is 330 g/mol. The molecule has 0 aliphatic rings. The molecule has 0 spiro atoms. The molecule has 0 saturated carbocycles. The second kappa shape index (κ2) is 8.17. The molecule has 134 valence electrons. The topological polar surface area (TPSA) is 93.7 Å². The highest BCUT2D eigenvalue weighted by Crippen LogP contribution is 2.20. The minimum atomic E-state index is -0.853. The fourth-order valence-corrected chi connectivity index (χ4v) is 1.72. The Kier molecular flexibility index (Phi) is 7.54. The van der Waals surface area contributed by atoms with E-state index in [0.29, 0.717) is 0 Å². The van der Waals surface area contributed by atoms with Crippen molar-refractivity contribution in [2.45, 2.75) is 73.1 Å². The molecular formula is C16H30N2O5. The molecule has 0 aromatic heterocycles. The maximum atomic E-state index is 12.4. The number of amides is 2. The number of esters is 1. The van der Waals surface area contributed by atoms with Crippen molar-refractivity contribution in [1.29, 1.82) is 0 Å². The van der Waals surface area contributed by atoms with Crippen molar-refractivity contribution in [3.05, 3.63) is 0 Å². The lowest BCUT2D eigenvalue weighted by Crippen LogP contribution is -2.56. The van der Waals surface area contributed by atoms with Crippen molar-refractivity contribution in [1.82, 2.24) is 10.6 Å². The van der Waals surface area contributed by atoms with Crippen LogP contribution in [0.5, 0.6) is 0 Å². The molecule has 0 aliphatic heterocycles. The van der Waals surface area contributed by atoms with Crippen LogP contribution in [0.4, 0.5) is 4.79 Å². The average molecular weight is 330 g/mol. The van der Waals surface area contributed by atoms with Gasteiger partial charge in [0.25, 0.3) is 0 Å². The quantitative estimate of drug-likeness (QED) is 0.752. The molecule has 2 N–H and O–H groups in total. The molecule has 0 fully saturated rings. The third-order valence-corrected chi connectivity index (χ3v) is 2.79. The zero-order valence-electron chi connectivity index (χ0n) is 15.4. The molecule has 0 heterocycles. The van der Waals surface area contributed by atoms with E-state index in [-0.39, 0.29) is 6.61 Å². The number of carbonyl (C=O) groups excluding carboxylic acids is 3. The molecule has 2 unspecified atom stereocenters. The highest BCUT2D eigenvalue weighted by molar-refractivity contribution is 5.90. The Labute approximate surface area is 138 Å². The lowest BCUT2D eigenvalue weighted by molar-refractivity contribution is -0.147. The fraction of sp³-hybridized carbons (Fsp3) is 0.812. The number of ether oxygens (including phenoxy) is 2. The summed E-state index contributed by atoms with van der Waals surface area (Å²) in [6.07, 6.45) is -0.684. The third kappa shape index (κ3) is 8.42. The predicted octanol–water partition coefficient (Wildman–Crippen LogP) is 1.99. The van der Waals surface area contributed by atoms with Crippen molar-refractivity contribution in [2.75, 3.05) is 6.61 Å². The highest BCUT2D eigenvalue weighted by atomic mass is 16.6. The summed E-state index contributed by atoms with van der Waals surface area (Å²) in [5.41, 5.74) is -1.23. The van der Waals surface area contributed by atoms with Gasteiger partial charge in [-0.15, -0.1) is 0 Å². The smallest absolute Gasteiger partial charge is 0.408 e. The van der Waals surface area contributed by atoms with Crippen LogP contribution in [0.1, 0.15) is 55.4 Å². The van der Waals surface area contributed by atoms with E-state index in [1.807, 2.05) is 20.8 Å². The second-order valence-corrected chi connectivity index (χ2v) is 7.43. The minimum absolute atomic E-state index is 0.234. The number of rotatable bonds is 5. The molecule has 0 radical (unpaired) electrons. The lowest BCUT2D eigenvalue weighted by atomic mass is 9.86. The van der Waals surface area contributed by atoms with Crippen molar-refractivity contribution in [2.24, 2.45) is 5.41 Å². The van der Waals surface area contributed by atoms with Gasteiger partial charge in [-0.2, -0.15) is 0 Å². The van der Waals surface area contributed by atoms with E-state index in [9.17, 15) is 14.4 Å². The molecule has 0 aliphatic carbocycles. The average Bonchev–Trinajstić information content (AvgIpc) is 2.32. The summed E-state index contributed by atoms with van der Waals surface area (Å²) in [4.78, 5) is 36.0. The van der Waals surface area contributed by atoms with E-state index >= 15 is 0 Å². The molecule has 2 amide bonds. The molecule has 2 atom stereocenters. The van der Waals surface area contributed by atoms with Crippen LogP contribution in [0.3, 0.4) is 0 Å². The summed E-state index contributed by atoms with van der Waals surface area (Å²) in [6.45, 7) is 14.1. The summed E-state index contributed by atoms with van der Waals surface area (Å²) in [7, 11) is 0. The van der Waals surface area contributed by atoms with Crippen molar-refractivity contribution >= 4 is 18.0 Å². The van der Waals surface area contributed by atoms with Gasteiger partial charge in [-0.1, -0.05) is 20.8 Å². The number of hydrogen-bond acceptors (Lipinski definition) is 5. The van der Waals surface area contributed by atoms with Crippen LogP contribution in [0.25, 0.3) is 0 Å². The van der Waals surface area contributed by atoms with Gasteiger partial charge in [-0.25, -0.2) is 9.59 Å². The van der Waals surface area contributed by atoms with E-state index in [4.69, 9.17) is 9.47 Å². The maximum Gasteiger partial charge on any atom is 0.408 e. The summed E-state index contributed by atoms with van der Waals surface area (Å²) in [5.74, 6) is -0.991. The molecule has 23 heavy (non-hydrogen) atoms. The standard InChI is InChI=1S/C16H30N2O5/c1-9-22-13(20)10(2)17-12(19)11(15(3,4)5)18-14(21)23-16(6,7)8/h10-11H,9H2,1-8H3,(H,17,19)(H,18,21). The summed E-state index contributed by atoms with van der Waals surface area (Å²) >= 11 is 0. The van der Waals surface area contributed by atoms with Gasteiger partial charge >= 0.3 is 12.1 Å². The van der Waals surface area contributed by atoms with Gasteiger partial charge in [0.1, 0.15) is 17.7 Å². The first-order valence-corrected chi connectivity index (χ1v) is 7.74. The van der Waals surface area contributed by atoms with Gasteiger partial charge in [-0.3, -0.25) is 4.79 Å². The van der Waals surface area contributed by atoms with Crippen LogP contribution in [-0.2, 0) is 19.1 Å². The Balaban J connectivity index is 4.95. The van der Waals surface area contributed by atoms with Crippen LogP contribution >= 0.6 is 0 Å². The van der Waals surface area contributed by atoms with Gasteiger partial charge in [-0.05, 0) is 40.0 Å². The van der Waals surface area contributed by atoms with E-state index in [2.05, 4.69) is 10.6 Å². The normalized spacial score (nSPS) is 14.4. The van der Waals surface area contributed by atoms with Crippen molar-refractivity contribution in [3.63, 3.8) is 0 Å². The van der Waals surface area contributed by atoms with Gasteiger partial charge in [0.2, 0.25) is 5.91 Å². The lowest BCUT2D eigenvalue weighted by Gasteiger charge is -2.32. The summed E-state index contributed by atoms with van der Waals surface area (Å²) < 4.78 is 10.0. The highest BCUT2D eigenvalue weighted by Gasteiger charge is 2.35. The molecule has 0 rings (SSSR count). The van der Waals surface area contributed by atoms with Crippen molar-refractivity contribution in [3.8, 4) is 0 Å². The first-order valence-electron chi connectivity index (χ1n) is 7.74. The molecule has 0 saturated heterocycles. The number of alkyl carbamates (subject to hydrolysis) is 1. The summed E-state index contributed by atoms with van der Waals surface area (Å²) in [6, 6.07) is -1.65. The van der Waals surface area contributed by atoms with Crippen LogP contribution in [0, 0.1) is 5.41 Å². The van der Waals surface area contributed by atoms with E-state index < -0.39 is 41.1 Å². The molecule has 0 aromatic carbocycles. The molecular weight excluding hydrogens is 300 g/mol. The largest absolute Gasteiger partial charge is 0.464 e. The Morgan fingerprint density at radius 3 is 1.91 bits per heavy atom. The Hall–Kier alpha value is -1.79. The predicted molar refractivity (Wildman–Crippen MR) is 86.9 cm³/mol. The van der Waals surface area contributed by atoms with Gasteiger partial charge in [0.15, 0.2) is 0 Å². The van der Waals surface area contributed by atoms with Gasteiger partial charge in [0.05, 0.1) is 6.61 Å². The third-order valence-electron chi connectivity index (χ3n) is 2.79. The van der Waals surface area contributed by atoms with E-state index in [1.165, 1.54) is 6.92 Å². The summed E-state index contributed by atoms with van der Waals surface area (Å²) in [5, 5.41) is 5.12. The van der Waals surface area contributed by atoms with E-state index in [0.717, 1.165) is 0 Å². The van der Waals surface area contributed by atoms with Crippen molar-refractivity contribution < 1.29 is 23.9 Å². The maximum absolute atomic E-state index is 12.4. The Morgan fingerprint density at radius 1 is 1.00 bits per heavy atom. The SMILES string of the molecule is CCOC(=O)C(C)NC(=O)C(NC(=O)OC(C)(C)C)C(C)(C)C. The number of hydrogen-bond donors (Lipinski definition) is 2. The number of nitrogens with one attached hydrogen (secondary N) is 2. The Morgan fingerprint density at radius 2 is 1.52 bits per heavy atom. The van der Waals surface area contributed by atoms with Crippen LogP contribution in [0.2, 0.25) is 0 Å². The zero-order valence-corrected chi connectivity index (χ0v) is 15.4. The van der Waals surface area contributed by atoms with E-state index in [1.54, 1.807) is 27.7 Å². The van der Waals surface area contributed by atoms with Crippen LogP contribution in [-0.4, -0.2) is 42.3 Å². The van der Waals surface area contributed by atoms with Gasteiger partial charge < -0.3 is 20.1 Å². The first kappa shape index (κ1) is 21.2. The second-order valence-electron chi connectivity index (χ2n) is 7.43. The fourth-order valence-electron chi connectivity index (χ4n) is 1.72. The molecule has 0 aromatic rings. The Bertz CT molecular complexity index is 435. The minimum Gasteiger partial charge on any atom is -0.464 e. The number of carbonyl (C=O) groups is 3. The van der Waals surface area contributed by atoms with Crippen LogP contribution in [0.15, 0.2) is 0 Å². The van der Waals surface area contributed by atoms with Gasteiger partial charge in [0, 0.05) is 0 Å².